The van der Waals surface area contributed by atoms with E-state index in [0.29, 0.717) is 30.3 Å². The number of fused-ring (bicyclic) bond motifs is 1. The monoisotopic (exact) mass is 423 g/mol. The number of hydrogen-bond acceptors (Lipinski definition) is 7. The molecule has 3 N–H and O–H groups in total. The standard InChI is InChI=1S/C21H21N5O3S/c1-28-7-8-29-17-4-2-3-14(9-17)11-23-20(27)18-10-16(13-30-18)15-5-6-19-24-21(22)25-26(19)12-15/h2-6,9-10,12-13H,7-8,11H2,1H3,(H2,22,25)(H,23,27). The van der Waals surface area contributed by atoms with E-state index in [1.165, 1.54) is 11.3 Å². The molecule has 0 bridgehead atoms. The maximum absolute atomic E-state index is 12.6. The quantitative estimate of drug-likeness (QED) is 0.422. The molecule has 154 valence electrons. The van der Waals surface area contributed by atoms with Crippen molar-refractivity contribution in [2.24, 2.45) is 0 Å². The first kappa shape index (κ1) is 19.9. The number of anilines is 1. The van der Waals surface area contributed by atoms with Crippen LogP contribution in [0.3, 0.4) is 0 Å². The van der Waals surface area contributed by atoms with Crippen molar-refractivity contribution >= 4 is 28.8 Å². The third kappa shape index (κ3) is 4.58. The van der Waals surface area contributed by atoms with Crippen molar-refractivity contribution in [3.63, 3.8) is 0 Å². The van der Waals surface area contributed by atoms with Gasteiger partial charge < -0.3 is 20.5 Å². The molecule has 0 radical (unpaired) electrons. The van der Waals surface area contributed by atoms with Crippen molar-refractivity contribution in [1.29, 1.82) is 0 Å². The average Bonchev–Trinajstić information content (AvgIpc) is 3.38. The molecule has 0 aliphatic carbocycles. The zero-order valence-electron chi connectivity index (χ0n) is 16.4. The highest BCUT2D eigenvalue weighted by atomic mass is 32.1. The Labute approximate surface area is 177 Å². The summed E-state index contributed by atoms with van der Waals surface area (Å²) in [5.74, 6) is 0.857. The predicted molar refractivity (Wildman–Crippen MR) is 116 cm³/mol. The van der Waals surface area contributed by atoms with Crippen LogP contribution in [-0.4, -0.2) is 40.8 Å². The average molecular weight is 423 g/mol. The van der Waals surface area contributed by atoms with E-state index in [-0.39, 0.29) is 11.9 Å². The lowest BCUT2D eigenvalue weighted by Gasteiger charge is -2.08. The third-order valence-corrected chi connectivity index (χ3v) is 5.34. The largest absolute Gasteiger partial charge is 0.491 e. The number of rotatable bonds is 8. The Kier molecular flexibility index (Phi) is 5.92. The van der Waals surface area contributed by atoms with E-state index in [0.717, 1.165) is 22.4 Å². The summed E-state index contributed by atoms with van der Waals surface area (Å²) in [6.07, 6.45) is 1.84. The van der Waals surface area contributed by atoms with Crippen molar-refractivity contribution in [3.05, 3.63) is 64.5 Å². The van der Waals surface area contributed by atoms with E-state index in [1.54, 1.807) is 11.6 Å². The number of hydrogen-bond donors (Lipinski definition) is 2. The molecule has 30 heavy (non-hydrogen) atoms. The summed E-state index contributed by atoms with van der Waals surface area (Å²) < 4.78 is 12.2. The predicted octanol–water partition coefficient (Wildman–Crippen LogP) is 3.00. The number of ether oxygens (including phenoxy) is 2. The van der Waals surface area contributed by atoms with Crippen LogP contribution in [0.15, 0.2) is 54.0 Å². The van der Waals surface area contributed by atoms with Crippen molar-refractivity contribution in [3.8, 4) is 16.9 Å². The molecule has 0 fully saturated rings. The molecule has 0 aliphatic heterocycles. The molecule has 4 rings (SSSR count). The Morgan fingerprint density at radius 2 is 2.10 bits per heavy atom. The van der Waals surface area contributed by atoms with Crippen molar-refractivity contribution < 1.29 is 14.3 Å². The first-order chi connectivity index (χ1) is 14.6. The van der Waals surface area contributed by atoms with Gasteiger partial charge in [-0.25, -0.2) is 4.52 Å². The van der Waals surface area contributed by atoms with Crippen LogP contribution in [0.4, 0.5) is 5.95 Å². The van der Waals surface area contributed by atoms with Gasteiger partial charge in [-0.05, 0) is 46.8 Å². The summed E-state index contributed by atoms with van der Waals surface area (Å²) in [6, 6.07) is 13.3. The lowest BCUT2D eigenvalue weighted by atomic mass is 10.1. The normalized spacial score (nSPS) is 11.0. The van der Waals surface area contributed by atoms with Gasteiger partial charge in [-0.15, -0.1) is 16.4 Å². The van der Waals surface area contributed by atoms with Crippen LogP contribution >= 0.6 is 11.3 Å². The lowest BCUT2D eigenvalue weighted by Crippen LogP contribution is -2.21. The van der Waals surface area contributed by atoms with Gasteiger partial charge >= 0.3 is 0 Å². The number of carbonyl (C=O) groups is 1. The van der Waals surface area contributed by atoms with Gasteiger partial charge in [0.25, 0.3) is 5.91 Å². The van der Waals surface area contributed by atoms with Crippen LogP contribution < -0.4 is 15.8 Å². The molecule has 1 amide bonds. The van der Waals surface area contributed by atoms with Gasteiger partial charge in [0.2, 0.25) is 5.95 Å². The van der Waals surface area contributed by atoms with Crippen molar-refractivity contribution in [1.82, 2.24) is 19.9 Å². The van der Waals surface area contributed by atoms with Gasteiger partial charge in [0, 0.05) is 25.4 Å². The number of benzene rings is 1. The Morgan fingerprint density at radius 1 is 1.20 bits per heavy atom. The highest BCUT2D eigenvalue weighted by Gasteiger charge is 2.11. The van der Waals surface area contributed by atoms with Gasteiger partial charge in [0.05, 0.1) is 11.5 Å². The number of pyridine rings is 1. The summed E-state index contributed by atoms with van der Waals surface area (Å²) in [5, 5.41) is 9.02. The summed E-state index contributed by atoms with van der Waals surface area (Å²) in [5.41, 5.74) is 9.15. The zero-order valence-corrected chi connectivity index (χ0v) is 17.2. The second-order valence-corrected chi connectivity index (χ2v) is 7.47. The van der Waals surface area contributed by atoms with Crippen molar-refractivity contribution in [2.45, 2.75) is 6.54 Å². The van der Waals surface area contributed by atoms with E-state index < -0.39 is 0 Å². The molecule has 0 aliphatic rings. The van der Waals surface area contributed by atoms with E-state index >= 15 is 0 Å². The second kappa shape index (κ2) is 8.93. The number of aromatic nitrogens is 3. The third-order valence-electron chi connectivity index (χ3n) is 4.41. The summed E-state index contributed by atoms with van der Waals surface area (Å²) in [7, 11) is 1.63. The topological polar surface area (TPSA) is 104 Å². The van der Waals surface area contributed by atoms with E-state index in [9.17, 15) is 4.79 Å². The molecular weight excluding hydrogens is 402 g/mol. The molecule has 9 heteroatoms. The van der Waals surface area contributed by atoms with E-state index in [2.05, 4.69) is 15.4 Å². The van der Waals surface area contributed by atoms with Crippen LogP contribution in [-0.2, 0) is 11.3 Å². The fourth-order valence-corrected chi connectivity index (χ4v) is 3.77. The maximum Gasteiger partial charge on any atom is 0.261 e. The minimum Gasteiger partial charge on any atom is -0.491 e. The van der Waals surface area contributed by atoms with Gasteiger partial charge in [-0.2, -0.15) is 4.98 Å². The molecule has 0 atom stereocenters. The number of thiophene rings is 1. The molecule has 0 spiro atoms. The molecule has 8 nitrogen and oxygen atoms in total. The van der Waals surface area contributed by atoms with Crippen LogP contribution in [0.2, 0.25) is 0 Å². The fraction of sp³-hybridized carbons (Fsp3) is 0.190. The van der Waals surface area contributed by atoms with Crippen molar-refractivity contribution in [2.75, 3.05) is 26.1 Å². The highest BCUT2D eigenvalue weighted by Crippen LogP contribution is 2.26. The second-order valence-electron chi connectivity index (χ2n) is 6.56. The number of nitrogens with one attached hydrogen (secondary N) is 1. The first-order valence-electron chi connectivity index (χ1n) is 9.32. The summed E-state index contributed by atoms with van der Waals surface area (Å²) in [4.78, 5) is 17.3. The zero-order chi connectivity index (χ0) is 20.9. The molecule has 0 saturated heterocycles. The number of carbonyl (C=O) groups excluding carboxylic acids is 1. The smallest absolute Gasteiger partial charge is 0.261 e. The van der Waals surface area contributed by atoms with Gasteiger partial charge in [-0.3, -0.25) is 4.79 Å². The summed E-state index contributed by atoms with van der Waals surface area (Å²) in [6.45, 7) is 1.42. The van der Waals surface area contributed by atoms with E-state index in [1.807, 2.05) is 54.0 Å². The van der Waals surface area contributed by atoms with Crippen LogP contribution in [0.1, 0.15) is 15.2 Å². The van der Waals surface area contributed by atoms with Crippen LogP contribution in [0.5, 0.6) is 5.75 Å². The number of methoxy groups -OCH3 is 1. The molecule has 4 aromatic rings. The van der Waals surface area contributed by atoms with Gasteiger partial charge in [-0.1, -0.05) is 12.1 Å². The van der Waals surface area contributed by atoms with Crippen LogP contribution in [0, 0.1) is 0 Å². The minimum atomic E-state index is -0.122. The Balaban J connectivity index is 1.40. The fourth-order valence-electron chi connectivity index (χ4n) is 2.94. The molecular formula is C21H21N5O3S. The molecule has 0 unspecified atom stereocenters. The number of amides is 1. The molecule has 1 aromatic carbocycles. The van der Waals surface area contributed by atoms with Crippen LogP contribution in [0.25, 0.3) is 16.8 Å². The molecule has 0 saturated carbocycles. The maximum atomic E-state index is 12.6. The SMILES string of the molecule is COCCOc1cccc(CNC(=O)c2cc(-c3ccc4nc(N)nn4c3)cs2)c1. The molecule has 3 heterocycles. The number of nitrogen functional groups attached to an aromatic ring is 1. The number of nitrogens with two attached hydrogens (primary N) is 1. The number of nitrogens with zero attached hydrogens (tertiary/aromatic N) is 3. The van der Waals surface area contributed by atoms with Gasteiger partial charge in [0.1, 0.15) is 12.4 Å². The van der Waals surface area contributed by atoms with Gasteiger partial charge in [0.15, 0.2) is 5.65 Å². The first-order valence-corrected chi connectivity index (χ1v) is 10.2. The Morgan fingerprint density at radius 3 is 2.97 bits per heavy atom. The highest BCUT2D eigenvalue weighted by molar-refractivity contribution is 7.12. The minimum absolute atomic E-state index is 0.122. The molecule has 3 aromatic heterocycles. The van der Waals surface area contributed by atoms with E-state index in [4.69, 9.17) is 15.2 Å². The Hall–Kier alpha value is -3.43. The Bertz CT molecular complexity index is 1170. The summed E-state index contributed by atoms with van der Waals surface area (Å²) >= 11 is 1.39. The lowest BCUT2D eigenvalue weighted by molar-refractivity contribution is 0.0955.